The van der Waals surface area contributed by atoms with Crippen molar-refractivity contribution in [2.45, 2.75) is 14.4 Å². The number of aryl methyl sites for hydroxylation is 1. The van der Waals surface area contributed by atoms with Crippen molar-refractivity contribution < 1.29 is 14.3 Å². The number of rotatable bonds is 4. The first-order valence-electron chi connectivity index (χ1n) is 6.94. The third kappa shape index (κ3) is 3.38. The number of carbonyl (C=O) groups is 1. The molecule has 8 heteroatoms. The molecule has 0 amide bonds. The van der Waals surface area contributed by atoms with Crippen LogP contribution >= 0.6 is 22.9 Å². The lowest BCUT2D eigenvalue weighted by Gasteiger charge is -2.11. The van der Waals surface area contributed by atoms with Gasteiger partial charge in [0.25, 0.3) is 0 Å². The Labute approximate surface area is 153 Å². The summed E-state index contributed by atoms with van der Waals surface area (Å²) in [6.45, 7) is 5.37. The number of aromatic nitrogens is 1. The van der Waals surface area contributed by atoms with E-state index in [1.807, 2.05) is 25.1 Å². The summed E-state index contributed by atoms with van der Waals surface area (Å²) < 4.78 is 13.8. The summed E-state index contributed by atoms with van der Waals surface area (Å²) in [7, 11) is 0. The summed E-state index contributed by atoms with van der Waals surface area (Å²) in [5, 5.41) is 4.78. The van der Waals surface area contributed by atoms with Gasteiger partial charge in [-0.2, -0.15) is 0 Å². The fraction of sp³-hybridized carbons (Fsp3) is 0.176. The number of hydrogen-bond donors (Lipinski definition) is 2. The number of carbonyl (C=O) groups excluding carboxylic acids is 1. The lowest BCUT2D eigenvalue weighted by Crippen LogP contribution is -2.22. The van der Waals surface area contributed by atoms with Crippen LogP contribution in [0.25, 0.3) is 25.9 Å². The first-order chi connectivity index (χ1) is 11.4. The molecule has 25 heavy (non-hydrogen) atoms. The largest absolute Gasteiger partial charge is 0.399 e. The fourth-order valence-corrected chi connectivity index (χ4v) is 4.04. The summed E-state index contributed by atoms with van der Waals surface area (Å²) in [5.74, 6) is -1.04. The molecule has 2 aromatic heterocycles. The van der Waals surface area contributed by atoms with Gasteiger partial charge in [0.15, 0.2) is 0 Å². The third-order valence-electron chi connectivity index (χ3n) is 3.64. The maximum atomic E-state index is 11.8. The number of nitrogens with one attached hydrogen (secondary N) is 1. The zero-order chi connectivity index (χ0) is 17.4. The van der Waals surface area contributed by atoms with Gasteiger partial charge in [0.2, 0.25) is 0 Å². The molecule has 0 saturated carbocycles. The molecule has 0 spiro atoms. The molecule has 0 atom stereocenters. The van der Waals surface area contributed by atoms with Gasteiger partial charge < -0.3 is 11.1 Å². The molecular formula is C17H17ClFN3O2S. The van der Waals surface area contributed by atoms with Crippen molar-refractivity contribution in [2.24, 2.45) is 0 Å². The summed E-state index contributed by atoms with van der Waals surface area (Å²) in [4.78, 5) is 18.4. The van der Waals surface area contributed by atoms with Crippen molar-refractivity contribution in [1.29, 1.82) is 0 Å². The molecule has 0 aliphatic carbocycles. The summed E-state index contributed by atoms with van der Waals surface area (Å²) in [5.41, 5.74) is 8.25. The average Bonchev–Trinajstić information content (AvgIpc) is 2.95. The Kier molecular flexibility index (Phi) is 5.49. The molecule has 5 nitrogen and oxygen atoms in total. The molecule has 0 unspecified atom stereocenters. The average molecular weight is 382 g/mol. The Morgan fingerprint density at radius 3 is 2.92 bits per heavy atom. The first kappa shape index (κ1) is 19.0. The van der Waals surface area contributed by atoms with E-state index in [0.29, 0.717) is 22.2 Å². The predicted molar refractivity (Wildman–Crippen MR) is 102 cm³/mol. The molecule has 0 aliphatic rings. The third-order valence-corrected chi connectivity index (χ3v) is 5.21. The van der Waals surface area contributed by atoms with E-state index < -0.39 is 5.97 Å². The molecular weight excluding hydrogens is 365 g/mol. The van der Waals surface area contributed by atoms with Gasteiger partial charge >= 0.3 is 5.97 Å². The van der Waals surface area contributed by atoms with Crippen LogP contribution in [0.15, 0.2) is 24.8 Å². The Balaban J connectivity index is 0.00000225. The van der Waals surface area contributed by atoms with Crippen molar-refractivity contribution >= 4 is 60.5 Å². The number of nitrogens with two attached hydrogens (primary N) is 1. The Morgan fingerprint density at radius 2 is 2.24 bits per heavy atom. The van der Waals surface area contributed by atoms with Gasteiger partial charge in [-0.25, -0.2) is 9.78 Å². The predicted octanol–water partition coefficient (Wildman–Crippen LogP) is 4.62. The quantitative estimate of drug-likeness (QED) is 0.509. The summed E-state index contributed by atoms with van der Waals surface area (Å²) >= 11 is 7.95. The number of hydrogen-bond acceptors (Lipinski definition) is 6. The number of anilines is 1. The van der Waals surface area contributed by atoms with Crippen LogP contribution in [-0.4, -0.2) is 17.5 Å². The van der Waals surface area contributed by atoms with Crippen LogP contribution in [0.3, 0.4) is 0 Å². The van der Waals surface area contributed by atoms with E-state index in [4.69, 9.17) is 17.3 Å². The molecule has 2 heterocycles. The van der Waals surface area contributed by atoms with Gasteiger partial charge in [0.05, 0.1) is 11.4 Å². The second kappa shape index (κ2) is 7.25. The molecule has 0 bridgehead atoms. The number of benzene rings is 1. The number of halogens is 2. The highest BCUT2D eigenvalue weighted by Crippen LogP contribution is 2.41. The molecule has 3 aromatic rings. The first-order valence-corrected chi connectivity index (χ1v) is 8.14. The molecule has 0 aliphatic heterocycles. The van der Waals surface area contributed by atoms with Gasteiger partial charge in [-0.3, -0.25) is 4.94 Å². The number of nitrogen functional groups attached to an aromatic ring is 1. The molecule has 1 aromatic carbocycles. The van der Waals surface area contributed by atoms with Crippen LogP contribution in [0, 0.1) is 6.92 Å². The fourth-order valence-electron chi connectivity index (χ4n) is 2.51. The number of pyridine rings is 1. The van der Waals surface area contributed by atoms with Crippen molar-refractivity contribution in [3.05, 3.63) is 41.2 Å². The van der Waals surface area contributed by atoms with E-state index in [9.17, 15) is 9.32 Å². The van der Waals surface area contributed by atoms with Gasteiger partial charge in [0, 0.05) is 30.4 Å². The molecule has 132 valence electrons. The van der Waals surface area contributed by atoms with Crippen molar-refractivity contribution in [3.8, 4) is 0 Å². The minimum Gasteiger partial charge on any atom is -0.399 e. The van der Waals surface area contributed by atoms with Crippen molar-refractivity contribution in [1.82, 2.24) is 10.3 Å². The van der Waals surface area contributed by atoms with E-state index in [2.05, 4.69) is 21.8 Å². The van der Waals surface area contributed by atoms with Crippen LogP contribution in [-0.2, 0) is 9.74 Å². The number of nitrogens with zero attached hydrogens (tertiary/aromatic N) is 1. The lowest BCUT2D eigenvalue weighted by atomic mass is 10.1. The Hall–Kier alpha value is -2.38. The van der Waals surface area contributed by atoms with Crippen molar-refractivity contribution in [2.75, 3.05) is 12.3 Å². The summed E-state index contributed by atoms with van der Waals surface area (Å²) in [6.07, 6.45) is 0. The summed E-state index contributed by atoms with van der Waals surface area (Å²) in [6, 6.07) is 5.64. The molecule has 3 rings (SSSR count). The topological polar surface area (TPSA) is 77.2 Å². The molecule has 3 N–H and O–H groups in total. The van der Waals surface area contributed by atoms with Crippen LogP contribution < -0.4 is 11.1 Å². The Morgan fingerprint density at radius 1 is 1.52 bits per heavy atom. The second-order valence-electron chi connectivity index (χ2n) is 5.22. The van der Waals surface area contributed by atoms with E-state index in [1.54, 1.807) is 11.3 Å². The molecule has 0 saturated heterocycles. The van der Waals surface area contributed by atoms with Gasteiger partial charge in [-0.05, 0) is 30.7 Å². The van der Waals surface area contributed by atoms with E-state index in [1.165, 1.54) is 0 Å². The Bertz CT molecular complexity index is 987. The standard InChI is InChI=1S/C16H13ClFN3O2S.CH4/c1-7-14(8(2)20-6-12(22)23-18)21-16(17)13-10-5-9(19)3-4-11(10)24-15(7)13;/h3-5,20H,2,6,19H2,1H3;1H4. The normalized spacial score (nSPS) is 10.5. The van der Waals surface area contributed by atoms with E-state index in [-0.39, 0.29) is 14.0 Å². The van der Waals surface area contributed by atoms with E-state index >= 15 is 0 Å². The van der Waals surface area contributed by atoms with Gasteiger partial charge in [-0.15, -0.1) is 11.3 Å². The highest BCUT2D eigenvalue weighted by atomic mass is 35.5. The second-order valence-corrected chi connectivity index (χ2v) is 6.63. The maximum Gasteiger partial charge on any atom is 0.367 e. The van der Waals surface area contributed by atoms with Gasteiger partial charge in [-0.1, -0.05) is 25.6 Å². The molecule has 0 radical (unpaired) electrons. The highest BCUT2D eigenvalue weighted by Gasteiger charge is 2.17. The van der Waals surface area contributed by atoms with Gasteiger partial charge in [0.1, 0.15) is 11.7 Å². The van der Waals surface area contributed by atoms with Crippen LogP contribution in [0.1, 0.15) is 18.7 Å². The SMILES string of the molecule is C.C=C(NCC(=O)OF)c1nc(Cl)c2c(sc3ccc(N)cc32)c1C. The van der Waals surface area contributed by atoms with Crippen LogP contribution in [0.5, 0.6) is 0 Å². The lowest BCUT2D eigenvalue weighted by molar-refractivity contribution is -0.182. The minimum absolute atomic E-state index is 0. The van der Waals surface area contributed by atoms with E-state index in [0.717, 1.165) is 25.7 Å². The number of fused-ring (bicyclic) bond motifs is 3. The number of thiophene rings is 1. The highest BCUT2D eigenvalue weighted by molar-refractivity contribution is 7.26. The minimum atomic E-state index is -1.04. The van der Waals surface area contributed by atoms with Crippen LogP contribution in [0.2, 0.25) is 5.15 Å². The monoisotopic (exact) mass is 381 g/mol. The zero-order valence-electron chi connectivity index (χ0n) is 12.7. The molecule has 0 fully saturated rings. The van der Waals surface area contributed by atoms with Crippen molar-refractivity contribution in [3.63, 3.8) is 0 Å². The van der Waals surface area contributed by atoms with Crippen LogP contribution in [0.4, 0.5) is 10.2 Å². The maximum absolute atomic E-state index is 11.8. The zero-order valence-corrected chi connectivity index (χ0v) is 14.2. The smallest absolute Gasteiger partial charge is 0.367 e.